The van der Waals surface area contributed by atoms with E-state index in [9.17, 15) is 24.4 Å². The Kier molecular flexibility index (Phi) is 9.13. The molecule has 1 aliphatic heterocycles. The largest absolute Gasteiger partial charge is 0.653 e. The number of nitrogens with zero attached hydrogens (tertiary/aromatic N) is 6. The van der Waals surface area contributed by atoms with Crippen molar-refractivity contribution in [1.29, 1.82) is 0 Å². The first-order valence-corrected chi connectivity index (χ1v) is 12.0. The lowest BCUT2D eigenvalue weighted by Gasteiger charge is -2.24. The summed E-state index contributed by atoms with van der Waals surface area (Å²) >= 11 is 0. The summed E-state index contributed by atoms with van der Waals surface area (Å²) in [5.74, 6) is -0.638. The fraction of sp³-hybridized carbons (Fsp3) is 0.450. The van der Waals surface area contributed by atoms with Gasteiger partial charge in [-0.15, -0.1) is 4.52 Å². The van der Waals surface area contributed by atoms with Gasteiger partial charge in [0.05, 0.1) is 6.61 Å². The molecule has 0 amide bonds. The number of aliphatic hydroxyl groups is 2. The van der Waals surface area contributed by atoms with E-state index >= 15 is 0 Å². The maximum absolute atomic E-state index is 13.1. The number of aliphatic hydroxyl groups excluding tert-OH is 2. The number of rotatable bonds is 11. The average Bonchev–Trinajstić information content (AvgIpc) is 3.12. The molecule has 4 N–H and O–H groups in total. The molecule has 0 spiro atoms. The van der Waals surface area contributed by atoms with Crippen LogP contribution in [0.3, 0.4) is 0 Å². The molecule has 1 aromatic heterocycles. The summed E-state index contributed by atoms with van der Waals surface area (Å²) < 4.78 is 29.8. The highest BCUT2D eigenvalue weighted by Gasteiger charge is 2.57. The molecule has 1 fully saturated rings. The fourth-order valence-corrected chi connectivity index (χ4v) is 4.27. The van der Waals surface area contributed by atoms with Crippen LogP contribution in [0, 0.1) is 0 Å². The zero-order chi connectivity index (χ0) is 27.2. The van der Waals surface area contributed by atoms with Gasteiger partial charge in [-0.1, -0.05) is 23.3 Å². The number of carbonyl (C=O) groups is 1. The highest BCUT2D eigenvalue weighted by Crippen LogP contribution is 2.41. The second-order valence-electron chi connectivity index (χ2n) is 7.67. The van der Waals surface area contributed by atoms with Crippen LogP contribution in [0.2, 0.25) is 0 Å². The SMILES string of the molecule is CCOC(=O)C(C)N(Oc1ccccc1)[P+](=O)OC[C@@]1(N=[N+]=[N-])O[C@@H](n2ccc(N)nc2=O)[C@H](O)[C@@H]1O. The van der Waals surface area contributed by atoms with Crippen LogP contribution in [0.4, 0.5) is 5.82 Å². The number of hydrogen-bond acceptors (Lipinski definition) is 12. The quantitative estimate of drug-likeness (QED) is 0.0910. The van der Waals surface area contributed by atoms with E-state index in [1.54, 1.807) is 37.3 Å². The Balaban J connectivity index is 1.85. The third kappa shape index (κ3) is 6.21. The van der Waals surface area contributed by atoms with Crippen LogP contribution in [0.1, 0.15) is 20.1 Å². The number of esters is 1. The minimum Gasteiger partial charge on any atom is -0.465 e. The van der Waals surface area contributed by atoms with E-state index in [-0.39, 0.29) is 18.2 Å². The minimum atomic E-state index is -3.01. The fourth-order valence-electron chi connectivity index (χ4n) is 3.32. The molecule has 0 bridgehead atoms. The number of hydrogen-bond donors (Lipinski definition) is 3. The lowest BCUT2D eigenvalue weighted by Crippen LogP contribution is -2.45. The molecule has 16 nitrogen and oxygen atoms in total. The van der Waals surface area contributed by atoms with E-state index in [4.69, 9.17) is 30.1 Å². The van der Waals surface area contributed by atoms with E-state index in [0.29, 0.717) is 0 Å². The second kappa shape index (κ2) is 12.1. The zero-order valence-electron chi connectivity index (χ0n) is 19.7. The molecule has 6 atom stereocenters. The van der Waals surface area contributed by atoms with Crippen molar-refractivity contribution >= 4 is 20.0 Å². The van der Waals surface area contributed by atoms with Crippen LogP contribution in [-0.4, -0.2) is 67.8 Å². The van der Waals surface area contributed by atoms with Crippen molar-refractivity contribution in [2.45, 2.75) is 44.1 Å². The van der Waals surface area contributed by atoms with Gasteiger partial charge in [0.1, 0.15) is 29.5 Å². The van der Waals surface area contributed by atoms with Crippen molar-refractivity contribution in [2.24, 2.45) is 5.11 Å². The molecule has 2 aromatic rings. The Morgan fingerprint density at radius 2 is 2.11 bits per heavy atom. The predicted molar refractivity (Wildman–Crippen MR) is 125 cm³/mol. The second-order valence-corrected chi connectivity index (χ2v) is 8.79. The first-order chi connectivity index (χ1) is 17.6. The van der Waals surface area contributed by atoms with Gasteiger partial charge in [-0.25, -0.2) is 4.79 Å². The average molecular weight is 538 g/mol. The van der Waals surface area contributed by atoms with Gasteiger partial charge in [-0.2, -0.15) is 4.98 Å². The van der Waals surface area contributed by atoms with Crippen molar-refractivity contribution in [1.82, 2.24) is 14.4 Å². The Hall–Kier alpha value is -3.62. The summed E-state index contributed by atoms with van der Waals surface area (Å²) in [5.41, 5.74) is 11.3. The normalized spacial score (nSPS) is 24.2. The van der Waals surface area contributed by atoms with Crippen LogP contribution in [0.5, 0.6) is 5.75 Å². The molecule has 1 saturated heterocycles. The molecule has 0 saturated carbocycles. The van der Waals surface area contributed by atoms with Gasteiger partial charge in [-0.3, -0.25) is 9.36 Å². The van der Waals surface area contributed by atoms with Crippen molar-refractivity contribution in [3.8, 4) is 5.75 Å². The highest BCUT2D eigenvalue weighted by atomic mass is 31.1. The van der Waals surface area contributed by atoms with Crippen LogP contribution in [0.15, 0.2) is 52.5 Å². The van der Waals surface area contributed by atoms with Crippen LogP contribution < -0.4 is 16.3 Å². The summed E-state index contributed by atoms with van der Waals surface area (Å²) in [6.07, 6.45) is -4.11. The summed E-state index contributed by atoms with van der Waals surface area (Å²) in [5, 5.41) is 24.6. The van der Waals surface area contributed by atoms with Gasteiger partial charge < -0.3 is 30.3 Å². The summed E-state index contributed by atoms with van der Waals surface area (Å²) in [4.78, 5) is 37.0. The molecule has 3 rings (SSSR count). The molecule has 0 radical (unpaired) electrons. The number of ether oxygens (including phenoxy) is 2. The van der Waals surface area contributed by atoms with Gasteiger partial charge in [-0.05, 0) is 42.1 Å². The minimum absolute atomic E-state index is 0.0542. The molecule has 17 heteroatoms. The van der Waals surface area contributed by atoms with E-state index in [1.165, 1.54) is 13.0 Å². The number of hydroxylamine groups is 1. The topological polar surface area (TPSA) is 224 Å². The summed E-state index contributed by atoms with van der Waals surface area (Å²) in [7, 11) is -3.01. The van der Waals surface area contributed by atoms with E-state index in [1.807, 2.05) is 0 Å². The molecule has 198 valence electrons. The van der Waals surface area contributed by atoms with Crippen molar-refractivity contribution in [3.05, 3.63) is 63.5 Å². The van der Waals surface area contributed by atoms with Gasteiger partial charge in [0.2, 0.25) is 5.72 Å². The summed E-state index contributed by atoms with van der Waals surface area (Å²) in [6, 6.07) is 8.12. The molecular weight excluding hydrogens is 513 g/mol. The van der Waals surface area contributed by atoms with Crippen LogP contribution in [-0.2, 0) is 23.4 Å². The Labute approximate surface area is 210 Å². The molecule has 2 heterocycles. The Bertz CT molecular complexity index is 1230. The number of benzene rings is 1. The van der Waals surface area contributed by atoms with Gasteiger partial charge in [0, 0.05) is 11.1 Å². The number of para-hydroxylation sites is 1. The predicted octanol–water partition coefficient (Wildman–Crippen LogP) is 1.00. The molecule has 1 aliphatic rings. The van der Waals surface area contributed by atoms with Gasteiger partial charge in [0.15, 0.2) is 18.0 Å². The van der Waals surface area contributed by atoms with Gasteiger partial charge in [0.25, 0.3) is 0 Å². The van der Waals surface area contributed by atoms with E-state index < -0.39 is 56.6 Å². The number of nitrogen functional groups attached to an aromatic ring is 1. The number of azide groups is 1. The van der Waals surface area contributed by atoms with Gasteiger partial charge >= 0.3 is 19.8 Å². The maximum Gasteiger partial charge on any atom is 0.653 e. The first kappa shape index (κ1) is 28.0. The molecule has 2 unspecified atom stereocenters. The third-order valence-corrected chi connectivity index (χ3v) is 6.29. The molecule has 1 aromatic carbocycles. The molecule has 0 aliphatic carbocycles. The lowest BCUT2D eigenvalue weighted by molar-refractivity contribution is -0.155. The Morgan fingerprint density at radius 3 is 2.73 bits per heavy atom. The maximum atomic E-state index is 13.1. The number of aromatic nitrogens is 2. The lowest BCUT2D eigenvalue weighted by atomic mass is 10.1. The van der Waals surface area contributed by atoms with Crippen molar-refractivity contribution in [2.75, 3.05) is 18.9 Å². The van der Waals surface area contributed by atoms with Crippen LogP contribution >= 0.6 is 8.18 Å². The first-order valence-electron chi connectivity index (χ1n) is 10.9. The highest BCUT2D eigenvalue weighted by molar-refractivity contribution is 7.36. The van der Waals surface area contributed by atoms with Crippen molar-refractivity contribution in [3.63, 3.8) is 0 Å². The molecular formula is C20H25N7O9P+. The molecule has 37 heavy (non-hydrogen) atoms. The van der Waals surface area contributed by atoms with Crippen LogP contribution in [0.25, 0.3) is 10.4 Å². The monoisotopic (exact) mass is 538 g/mol. The number of carbonyl (C=O) groups excluding carboxylic acids is 1. The van der Waals surface area contributed by atoms with E-state index in [2.05, 4.69) is 15.0 Å². The zero-order valence-corrected chi connectivity index (χ0v) is 20.6. The standard InChI is InChI=1S/C20H24N7O9P/c1-3-33-18(30)12(2)27(36-13-7-5-4-6-8-13)37(32)34-11-20(24-25-22)16(29)15(28)17(35-20)26-10-9-14(21)23-19(26)31/h4-10,12,15-17,28-29H,3,11H2,1-2H3,(H-,21,23,31)/p+1/t12?,15-,16+,17-,20-/m1/s1. The number of anilines is 1. The Morgan fingerprint density at radius 1 is 1.41 bits per heavy atom. The van der Waals surface area contributed by atoms with Crippen molar-refractivity contribution < 1.29 is 38.4 Å². The smallest absolute Gasteiger partial charge is 0.465 e. The van der Waals surface area contributed by atoms with E-state index in [0.717, 1.165) is 15.6 Å². The summed E-state index contributed by atoms with van der Waals surface area (Å²) in [6.45, 7) is 2.14. The number of nitrogens with two attached hydrogens (primary N) is 1. The third-order valence-electron chi connectivity index (χ3n) is 5.19.